The zero-order valence-electron chi connectivity index (χ0n) is 12.5. The van der Waals surface area contributed by atoms with Gasteiger partial charge in [0.15, 0.2) is 5.16 Å². The van der Waals surface area contributed by atoms with Crippen molar-refractivity contribution in [2.45, 2.75) is 62.2 Å². The molecule has 1 atom stereocenters. The number of rotatable bonds is 5. The fourth-order valence-corrected chi connectivity index (χ4v) is 4.34. The van der Waals surface area contributed by atoms with Gasteiger partial charge in [0.1, 0.15) is 0 Å². The molecule has 0 amide bonds. The standard InChI is InChI=1S/C15H24N4OS/c1-2-8-18(9-3-1)14-16-17-15(19(14)12-6-7-12)21-11-13-5-4-10-20-13/h12-13H,1-11H2. The van der Waals surface area contributed by atoms with E-state index in [9.17, 15) is 0 Å². The van der Waals surface area contributed by atoms with Crippen LogP contribution in [0.3, 0.4) is 0 Å². The van der Waals surface area contributed by atoms with Crippen LogP contribution < -0.4 is 4.90 Å². The van der Waals surface area contributed by atoms with Crippen LogP contribution in [0, 0.1) is 0 Å². The van der Waals surface area contributed by atoms with Gasteiger partial charge < -0.3 is 9.64 Å². The Kier molecular flexibility index (Phi) is 4.07. The highest BCUT2D eigenvalue weighted by atomic mass is 32.2. The first-order valence-electron chi connectivity index (χ1n) is 8.36. The van der Waals surface area contributed by atoms with E-state index in [4.69, 9.17) is 4.74 Å². The summed E-state index contributed by atoms with van der Waals surface area (Å²) in [6.45, 7) is 3.21. The molecule has 5 nitrogen and oxygen atoms in total. The Morgan fingerprint density at radius 2 is 1.90 bits per heavy atom. The first-order chi connectivity index (χ1) is 10.4. The van der Waals surface area contributed by atoms with Crippen molar-refractivity contribution < 1.29 is 4.74 Å². The van der Waals surface area contributed by atoms with Gasteiger partial charge in [0.05, 0.1) is 6.10 Å². The quantitative estimate of drug-likeness (QED) is 0.783. The maximum Gasteiger partial charge on any atom is 0.228 e. The van der Waals surface area contributed by atoms with E-state index in [-0.39, 0.29) is 0 Å². The van der Waals surface area contributed by atoms with Gasteiger partial charge in [-0.05, 0) is 44.9 Å². The predicted molar refractivity (Wildman–Crippen MR) is 84.1 cm³/mol. The normalized spacial score (nSPS) is 26.5. The first kappa shape index (κ1) is 13.9. The van der Waals surface area contributed by atoms with Gasteiger partial charge in [-0.3, -0.25) is 4.57 Å². The zero-order chi connectivity index (χ0) is 14.1. The second-order valence-corrected chi connectivity index (χ2v) is 7.36. The van der Waals surface area contributed by atoms with Crippen LogP contribution in [0.25, 0.3) is 0 Å². The Bertz CT molecular complexity index is 476. The fourth-order valence-electron chi connectivity index (χ4n) is 3.27. The highest BCUT2D eigenvalue weighted by Gasteiger charge is 2.32. The van der Waals surface area contributed by atoms with Crippen LogP contribution in [0.4, 0.5) is 5.95 Å². The highest BCUT2D eigenvalue weighted by Crippen LogP contribution is 2.41. The van der Waals surface area contributed by atoms with Gasteiger partial charge in [0.2, 0.25) is 5.95 Å². The number of ether oxygens (including phenoxy) is 1. The molecule has 116 valence electrons. The molecule has 3 heterocycles. The molecule has 21 heavy (non-hydrogen) atoms. The molecule has 0 N–H and O–H groups in total. The lowest BCUT2D eigenvalue weighted by Gasteiger charge is -2.27. The molecule has 6 heteroatoms. The summed E-state index contributed by atoms with van der Waals surface area (Å²) in [6.07, 6.45) is 9.32. The highest BCUT2D eigenvalue weighted by molar-refractivity contribution is 7.99. The Morgan fingerprint density at radius 3 is 2.62 bits per heavy atom. The summed E-state index contributed by atoms with van der Waals surface area (Å²) >= 11 is 1.84. The van der Waals surface area contributed by atoms with E-state index in [1.807, 2.05) is 11.8 Å². The average molecular weight is 308 g/mol. The summed E-state index contributed by atoms with van der Waals surface area (Å²) < 4.78 is 8.13. The molecule has 1 aromatic heterocycles. The number of hydrogen-bond acceptors (Lipinski definition) is 5. The Hall–Kier alpha value is -0.750. The Morgan fingerprint density at radius 1 is 1.05 bits per heavy atom. The van der Waals surface area contributed by atoms with E-state index in [0.717, 1.165) is 36.6 Å². The van der Waals surface area contributed by atoms with E-state index in [1.54, 1.807) is 0 Å². The lowest BCUT2D eigenvalue weighted by atomic mass is 10.1. The summed E-state index contributed by atoms with van der Waals surface area (Å²) in [7, 11) is 0. The minimum absolute atomic E-state index is 0.415. The van der Waals surface area contributed by atoms with Crippen molar-refractivity contribution in [1.29, 1.82) is 0 Å². The fraction of sp³-hybridized carbons (Fsp3) is 0.867. The van der Waals surface area contributed by atoms with Crippen molar-refractivity contribution in [2.75, 3.05) is 30.3 Å². The lowest BCUT2D eigenvalue weighted by molar-refractivity contribution is 0.129. The number of hydrogen-bond donors (Lipinski definition) is 0. The first-order valence-corrected chi connectivity index (χ1v) is 9.34. The smallest absolute Gasteiger partial charge is 0.228 e. The second kappa shape index (κ2) is 6.16. The van der Waals surface area contributed by atoms with Crippen LogP contribution >= 0.6 is 11.8 Å². The van der Waals surface area contributed by atoms with Crippen molar-refractivity contribution in [1.82, 2.24) is 14.8 Å². The van der Waals surface area contributed by atoms with Crippen LogP contribution in [-0.4, -0.2) is 46.3 Å². The molecule has 0 bridgehead atoms. The number of anilines is 1. The molecule has 0 aromatic carbocycles. The van der Waals surface area contributed by atoms with Crippen LogP contribution in [0.15, 0.2) is 5.16 Å². The molecule has 0 spiro atoms. The average Bonchev–Trinajstić information content (AvgIpc) is 3.07. The lowest BCUT2D eigenvalue weighted by Crippen LogP contribution is -2.32. The summed E-state index contributed by atoms with van der Waals surface area (Å²) in [4.78, 5) is 2.44. The summed E-state index contributed by atoms with van der Waals surface area (Å²) in [5.74, 6) is 2.14. The summed E-state index contributed by atoms with van der Waals surface area (Å²) in [5.41, 5.74) is 0. The monoisotopic (exact) mass is 308 g/mol. The molecule has 1 aromatic rings. The Labute approximate surface area is 130 Å². The van der Waals surface area contributed by atoms with E-state index >= 15 is 0 Å². The maximum atomic E-state index is 5.73. The molecule has 4 rings (SSSR count). The third kappa shape index (κ3) is 3.06. The SMILES string of the molecule is C1CCN(c2nnc(SCC3CCCO3)n2C2CC2)CC1. The van der Waals surface area contributed by atoms with Gasteiger partial charge in [-0.2, -0.15) is 0 Å². The van der Waals surface area contributed by atoms with Gasteiger partial charge in [-0.15, -0.1) is 10.2 Å². The summed E-state index contributed by atoms with van der Waals surface area (Å²) in [5, 5.41) is 10.1. The molecular weight excluding hydrogens is 284 g/mol. The molecular formula is C15H24N4OS. The van der Waals surface area contributed by atoms with Crippen LogP contribution in [-0.2, 0) is 4.74 Å². The van der Waals surface area contributed by atoms with E-state index < -0.39 is 0 Å². The van der Waals surface area contributed by atoms with Gasteiger partial charge in [0.25, 0.3) is 0 Å². The van der Waals surface area contributed by atoms with Crippen molar-refractivity contribution in [3.63, 3.8) is 0 Å². The van der Waals surface area contributed by atoms with Crippen molar-refractivity contribution in [3.8, 4) is 0 Å². The molecule has 2 aliphatic heterocycles. The molecule has 0 radical (unpaired) electrons. The van der Waals surface area contributed by atoms with Gasteiger partial charge >= 0.3 is 0 Å². The van der Waals surface area contributed by atoms with Crippen molar-refractivity contribution in [2.24, 2.45) is 0 Å². The van der Waals surface area contributed by atoms with Crippen LogP contribution in [0.1, 0.15) is 51.0 Å². The molecule has 3 fully saturated rings. The third-order valence-electron chi connectivity index (χ3n) is 4.62. The largest absolute Gasteiger partial charge is 0.377 e. The van der Waals surface area contributed by atoms with E-state index in [2.05, 4.69) is 19.7 Å². The van der Waals surface area contributed by atoms with Gasteiger partial charge in [0, 0.05) is 31.5 Å². The van der Waals surface area contributed by atoms with Crippen LogP contribution in [0.5, 0.6) is 0 Å². The molecule has 3 aliphatic rings. The van der Waals surface area contributed by atoms with Crippen molar-refractivity contribution in [3.05, 3.63) is 0 Å². The van der Waals surface area contributed by atoms with Crippen LogP contribution in [0.2, 0.25) is 0 Å². The minimum Gasteiger partial charge on any atom is -0.377 e. The third-order valence-corrected chi connectivity index (χ3v) is 5.69. The maximum absolute atomic E-state index is 5.73. The molecule has 1 saturated carbocycles. The number of nitrogens with zero attached hydrogens (tertiary/aromatic N) is 4. The van der Waals surface area contributed by atoms with Gasteiger partial charge in [-0.25, -0.2) is 0 Å². The second-order valence-electron chi connectivity index (χ2n) is 6.38. The summed E-state index contributed by atoms with van der Waals surface area (Å²) in [6, 6.07) is 0.643. The van der Waals surface area contributed by atoms with Gasteiger partial charge in [-0.1, -0.05) is 11.8 Å². The number of aromatic nitrogens is 3. The zero-order valence-corrected chi connectivity index (χ0v) is 13.4. The number of thioether (sulfide) groups is 1. The van der Waals surface area contributed by atoms with E-state index in [0.29, 0.717) is 12.1 Å². The molecule has 1 unspecified atom stereocenters. The predicted octanol–water partition coefficient (Wildman–Crippen LogP) is 2.87. The molecule has 2 saturated heterocycles. The van der Waals surface area contributed by atoms with E-state index in [1.165, 1.54) is 44.9 Å². The van der Waals surface area contributed by atoms with Crippen molar-refractivity contribution >= 4 is 17.7 Å². The Balaban J connectivity index is 1.48. The minimum atomic E-state index is 0.415. The molecule has 1 aliphatic carbocycles. The topological polar surface area (TPSA) is 43.2 Å². The number of piperidine rings is 1.